The monoisotopic (exact) mass is 170 g/mol. The normalized spacial score (nSPS) is 14.8. The summed E-state index contributed by atoms with van der Waals surface area (Å²) in [6, 6.07) is 10.4. The van der Waals surface area contributed by atoms with Gasteiger partial charge in [-0.1, -0.05) is 30.3 Å². The number of rotatable bonds is 2. The van der Waals surface area contributed by atoms with Gasteiger partial charge in [0.1, 0.15) is 0 Å². The van der Waals surface area contributed by atoms with Crippen molar-refractivity contribution < 1.29 is 0 Å². The van der Waals surface area contributed by atoms with Gasteiger partial charge in [-0.25, -0.2) is 0 Å². The second-order valence-corrected chi connectivity index (χ2v) is 3.24. The molecule has 0 N–H and O–H groups in total. The third-order valence-corrected chi connectivity index (χ3v) is 2.22. The van der Waals surface area contributed by atoms with Gasteiger partial charge in [0.15, 0.2) is 0 Å². The highest BCUT2D eigenvalue weighted by molar-refractivity contribution is 5.33. The molecule has 1 aromatic carbocycles. The number of hydrogen-bond acceptors (Lipinski definition) is 0. The lowest BCUT2D eigenvalue weighted by atomic mass is 10.1. The first-order valence-corrected chi connectivity index (χ1v) is 4.47. The smallest absolute Gasteiger partial charge is 0.0477 e. The van der Waals surface area contributed by atoms with Gasteiger partial charge in [0.25, 0.3) is 0 Å². The number of allylic oxidation sites excluding steroid dienone is 3. The summed E-state index contributed by atoms with van der Waals surface area (Å²) in [4.78, 5) is 0. The summed E-state index contributed by atoms with van der Waals surface area (Å²) in [5, 5.41) is 4.31. The standard InChI is InChI=1S/C12H12N/c1-10-7-8-13-12(10)9-11-5-3-2-4-6-11/h2-8H,9H2,1H3. The number of nitrogens with zero attached hydrogens (tertiary/aromatic N) is 1. The molecule has 65 valence electrons. The Labute approximate surface area is 78.8 Å². The predicted molar refractivity (Wildman–Crippen MR) is 54.1 cm³/mol. The summed E-state index contributed by atoms with van der Waals surface area (Å²) in [5.41, 5.74) is 3.79. The predicted octanol–water partition coefficient (Wildman–Crippen LogP) is 2.63. The zero-order chi connectivity index (χ0) is 9.10. The molecule has 1 radical (unpaired) electrons. The molecule has 0 aliphatic carbocycles. The van der Waals surface area contributed by atoms with E-state index in [1.807, 2.05) is 12.3 Å². The highest BCUT2D eigenvalue weighted by Crippen LogP contribution is 2.15. The fraction of sp³-hybridized carbons (Fsp3) is 0.167. The van der Waals surface area contributed by atoms with Crippen molar-refractivity contribution in [2.45, 2.75) is 13.3 Å². The highest BCUT2D eigenvalue weighted by atomic mass is 14.9. The lowest BCUT2D eigenvalue weighted by Crippen LogP contribution is -1.98. The van der Waals surface area contributed by atoms with E-state index >= 15 is 0 Å². The molecule has 0 spiro atoms. The van der Waals surface area contributed by atoms with E-state index in [9.17, 15) is 0 Å². The second-order valence-electron chi connectivity index (χ2n) is 3.24. The van der Waals surface area contributed by atoms with Gasteiger partial charge < -0.3 is 0 Å². The zero-order valence-electron chi connectivity index (χ0n) is 7.70. The fourth-order valence-electron chi connectivity index (χ4n) is 1.41. The molecule has 13 heavy (non-hydrogen) atoms. The summed E-state index contributed by atoms with van der Waals surface area (Å²) in [7, 11) is 0. The average molecular weight is 170 g/mol. The summed E-state index contributed by atoms with van der Waals surface area (Å²) in [6.07, 6.45) is 4.87. The molecule has 0 unspecified atom stereocenters. The molecule has 0 saturated carbocycles. The SMILES string of the molecule is CC1=C(Cc2ccccc2)[N]C=C1. The highest BCUT2D eigenvalue weighted by Gasteiger charge is 2.06. The van der Waals surface area contributed by atoms with Gasteiger partial charge >= 0.3 is 0 Å². The first-order valence-electron chi connectivity index (χ1n) is 4.47. The number of benzene rings is 1. The van der Waals surface area contributed by atoms with Crippen LogP contribution in [0.4, 0.5) is 0 Å². The average Bonchev–Trinajstić information content (AvgIpc) is 2.54. The maximum atomic E-state index is 4.31. The quantitative estimate of drug-likeness (QED) is 0.647. The van der Waals surface area contributed by atoms with Crippen LogP contribution in [-0.2, 0) is 6.42 Å². The van der Waals surface area contributed by atoms with Crippen LogP contribution in [0.1, 0.15) is 12.5 Å². The van der Waals surface area contributed by atoms with Crippen molar-refractivity contribution in [2.24, 2.45) is 0 Å². The van der Waals surface area contributed by atoms with Crippen molar-refractivity contribution in [1.29, 1.82) is 0 Å². The van der Waals surface area contributed by atoms with Gasteiger partial charge in [-0.15, -0.1) is 0 Å². The van der Waals surface area contributed by atoms with E-state index in [4.69, 9.17) is 0 Å². The summed E-state index contributed by atoms with van der Waals surface area (Å²) < 4.78 is 0. The molecule has 1 aliphatic heterocycles. The molecule has 1 heteroatoms. The Kier molecular flexibility index (Phi) is 2.17. The van der Waals surface area contributed by atoms with Crippen LogP contribution in [0, 0.1) is 0 Å². The second kappa shape index (κ2) is 3.48. The van der Waals surface area contributed by atoms with Gasteiger partial charge in [-0.05, 0) is 24.1 Å². The fourth-order valence-corrected chi connectivity index (χ4v) is 1.41. The van der Waals surface area contributed by atoms with Crippen LogP contribution in [0.5, 0.6) is 0 Å². The Morgan fingerprint density at radius 2 is 1.92 bits per heavy atom. The van der Waals surface area contributed by atoms with Crippen LogP contribution in [-0.4, -0.2) is 0 Å². The van der Waals surface area contributed by atoms with Gasteiger partial charge in [-0.3, -0.25) is 5.32 Å². The minimum Gasteiger partial charge on any atom is -0.261 e. The van der Waals surface area contributed by atoms with Crippen molar-refractivity contribution in [2.75, 3.05) is 0 Å². The van der Waals surface area contributed by atoms with Crippen molar-refractivity contribution in [3.05, 3.63) is 59.4 Å². The molecule has 1 nitrogen and oxygen atoms in total. The van der Waals surface area contributed by atoms with E-state index in [1.54, 1.807) is 0 Å². The minimum absolute atomic E-state index is 0.944. The Morgan fingerprint density at radius 3 is 2.54 bits per heavy atom. The van der Waals surface area contributed by atoms with E-state index in [0.717, 1.165) is 6.42 Å². The Morgan fingerprint density at radius 1 is 1.15 bits per heavy atom. The van der Waals surface area contributed by atoms with E-state index in [1.165, 1.54) is 16.8 Å². The molecule has 0 aromatic heterocycles. The molecule has 0 bridgehead atoms. The van der Waals surface area contributed by atoms with Gasteiger partial charge in [-0.2, -0.15) is 0 Å². The van der Waals surface area contributed by atoms with Crippen LogP contribution in [0.2, 0.25) is 0 Å². The Balaban J connectivity index is 2.12. The third-order valence-electron chi connectivity index (χ3n) is 2.22. The van der Waals surface area contributed by atoms with E-state index in [0.29, 0.717) is 0 Å². The van der Waals surface area contributed by atoms with Crippen LogP contribution in [0.15, 0.2) is 53.9 Å². The summed E-state index contributed by atoms with van der Waals surface area (Å²) in [5.74, 6) is 0. The molecular weight excluding hydrogens is 158 g/mol. The van der Waals surface area contributed by atoms with E-state index in [-0.39, 0.29) is 0 Å². The third kappa shape index (κ3) is 1.81. The topological polar surface area (TPSA) is 14.1 Å². The molecule has 0 amide bonds. The molecule has 1 heterocycles. The van der Waals surface area contributed by atoms with Crippen LogP contribution >= 0.6 is 0 Å². The minimum atomic E-state index is 0.944. The lowest BCUT2D eigenvalue weighted by Gasteiger charge is -2.02. The molecule has 0 saturated heterocycles. The maximum Gasteiger partial charge on any atom is 0.0477 e. The molecule has 2 rings (SSSR count). The Hall–Kier alpha value is -1.50. The molecule has 0 atom stereocenters. The van der Waals surface area contributed by atoms with Gasteiger partial charge in [0.05, 0.1) is 0 Å². The first-order chi connectivity index (χ1) is 6.36. The van der Waals surface area contributed by atoms with Crippen molar-refractivity contribution >= 4 is 0 Å². The van der Waals surface area contributed by atoms with Crippen LogP contribution in [0.25, 0.3) is 0 Å². The largest absolute Gasteiger partial charge is 0.261 e. The van der Waals surface area contributed by atoms with E-state index < -0.39 is 0 Å². The van der Waals surface area contributed by atoms with Crippen molar-refractivity contribution in [3.63, 3.8) is 0 Å². The Bertz CT molecular complexity index is 347. The number of hydrogen-bond donors (Lipinski definition) is 0. The van der Waals surface area contributed by atoms with Crippen molar-refractivity contribution in [1.82, 2.24) is 5.32 Å². The van der Waals surface area contributed by atoms with Gasteiger partial charge in [0.2, 0.25) is 0 Å². The lowest BCUT2D eigenvalue weighted by molar-refractivity contribution is 0.963. The van der Waals surface area contributed by atoms with Gasteiger partial charge in [0, 0.05) is 18.3 Å². The summed E-state index contributed by atoms with van der Waals surface area (Å²) >= 11 is 0. The summed E-state index contributed by atoms with van der Waals surface area (Å²) in [6.45, 7) is 2.10. The molecule has 1 aromatic rings. The molecule has 0 fully saturated rings. The van der Waals surface area contributed by atoms with Crippen molar-refractivity contribution in [3.8, 4) is 0 Å². The van der Waals surface area contributed by atoms with Crippen LogP contribution < -0.4 is 5.32 Å². The van der Waals surface area contributed by atoms with Crippen LogP contribution in [0.3, 0.4) is 0 Å². The molecular formula is C12H12N. The zero-order valence-corrected chi connectivity index (χ0v) is 7.70. The molecule has 1 aliphatic rings. The van der Waals surface area contributed by atoms with E-state index in [2.05, 4.69) is 42.6 Å². The maximum absolute atomic E-state index is 4.31. The first kappa shape index (κ1) is 8.11.